The van der Waals surface area contributed by atoms with Gasteiger partial charge in [0.25, 0.3) is 0 Å². The van der Waals surface area contributed by atoms with Crippen molar-refractivity contribution in [2.24, 2.45) is 7.05 Å². The first-order chi connectivity index (χ1) is 7.27. The summed E-state index contributed by atoms with van der Waals surface area (Å²) in [7, 11) is 1.89. The molecule has 0 spiro atoms. The molecule has 0 bridgehead atoms. The summed E-state index contributed by atoms with van der Waals surface area (Å²) in [6, 6.07) is 9.93. The van der Waals surface area contributed by atoms with Gasteiger partial charge in [-0.1, -0.05) is 30.3 Å². The largest absolute Gasteiger partial charge is 0.385 e. The molecule has 3 heteroatoms. The Morgan fingerprint density at radius 2 is 2.07 bits per heavy atom. The minimum atomic E-state index is -0.535. The van der Waals surface area contributed by atoms with E-state index in [4.69, 9.17) is 0 Å². The van der Waals surface area contributed by atoms with E-state index in [0.29, 0.717) is 12.2 Å². The van der Waals surface area contributed by atoms with Crippen LogP contribution in [0.5, 0.6) is 0 Å². The predicted molar refractivity (Wildman–Crippen MR) is 58.3 cm³/mol. The van der Waals surface area contributed by atoms with Gasteiger partial charge in [-0.2, -0.15) is 0 Å². The summed E-state index contributed by atoms with van der Waals surface area (Å²) in [5.41, 5.74) is 1.12. The Labute approximate surface area is 89.0 Å². The molecule has 2 aromatic rings. The molecule has 1 N–H and O–H groups in total. The van der Waals surface area contributed by atoms with E-state index in [-0.39, 0.29) is 0 Å². The fourth-order valence-electron chi connectivity index (χ4n) is 1.63. The number of aromatic nitrogens is 2. The van der Waals surface area contributed by atoms with Crippen molar-refractivity contribution < 1.29 is 5.11 Å². The van der Waals surface area contributed by atoms with Crippen molar-refractivity contribution in [3.05, 3.63) is 54.1 Å². The molecule has 0 saturated heterocycles. The Morgan fingerprint density at radius 1 is 1.33 bits per heavy atom. The van der Waals surface area contributed by atoms with Crippen LogP contribution in [0.1, 0.15) is 17.5 Å². The van der Waals surface area contributed by atoms with E-state index < -0.39 is 6.10 Å². The number of aliphatic hydroxyl groups is 1. The third kappa shape index (κ3) is 2.25. The Bertz CT molecular complexity index is 422. The summed E-state index contributed by atoms with van der Waals surface area (Å²) in [6.45, 7) is 0. The van der Waals surface area contributed by atoms with Gasteiger partial charge in [0, 0.05) is 25.9 Å². The standard InChI is InChI=1S/C12H14N2O/c1-14-8-7-13-12(14)11(15)9-10-5-3-2-4-6-10/h2-8,11,15H,9H2,1H3/t11-/m0/s1. The summed E-state index contributed by atoms with van der Waals surface area (Å²) >= 11 is 0. The van der Waals surface area contributed by atoms with Crippen LogP contribution in [-0.4, -0.2) is 14.7 Å². The van der Waals surface area contributed by atoms with Gasteiger partial charge in [0.15, 0.2) is 0 Å². The molecule has 1 atom stereocenters. The summed E-state index contributed by atoms with van der Waals surface area (Å²) in [4.78, 5) is 4.12. The summed E-state index contributed by atoms with van der Waals surface area (Å²) in [6.07, 6.45) is 3.60. The van der Waals surface area contributed by atoms with E-state index in [9.17, 15) is 5.11 Å². The number of rotatable bonds is 3. The third-order valence-electron chi connectivity index (χ3n) is 2.43. The van der Waals surface area contributed by atoms with E-state index in [1.165, 1.54) is 0 Å². The maximum Gasteiger partial charge on any atom is 0.137 e. The van der Waals surface area contributed by atoms with Crippen molar-refractivity contribution in [2.45, 2.75) is 12.5 Å². The monoisotopic (exact) mass is 202 g/mol. The highest BCUT2D eigenvalue weighted by molar-refractivity contribution is 5.16. The number of aryl methyl sites for hydroxylation is 1. The second kappa shape index (κ2) is 4.28. The molecule has 0 saturated carbocycles. The summed E-state index contributed by atoms with van der Waals surface area (Å²) in [5, 5.41) is 9.96. The quantitative estimate of drug-likeness (QED) is 0.822. The lowest BCUT2D eigenvalue weighted by molar-refractivity contribution is 0.165. The molecule has 0 aliphatic carbocycles. The molecular formula is C12H14N2O. The first-order valence-electron chi connectivity index (χ1n) is 4.96. The van der Waals surface area contributed by atoms with E-state index >= 15 is 0 Å². The lowest BCUT2D eigenvalue weighted by atomic mass is 10.1. The van der Waals surface area contributed by atoms with Gasteiger partial charge in [0.1, 0.15) is 11.9 Å². The topological polar surface area (TPSA) is 38.0 Å². The molecule has 2 rings (SSSR count). The van der Waals surface area contributed by atoms with Gasteiger partial charge in [-0.25, -0.2) is 4.98 Å². The fraction of sp³-hybridized carbons (Fsp3) is 0.250. The normalized spacial score (nSPS) is 12.7. The molecule has 1 aromatic heterocycles. The molecule has 0 unspecified atom stereocenters. The Kier molecular flexibility index (Phi) is 2.83. The first-order valence-corrected chi connectivity index (χ1v) is 4.96. The molecule has 1 aromatic carbocycles. The van der Waals surface area contributed by atoms with Crippen LogP contribution in [0.3, 0.4) is 0 Å². The van der Waals surface area contributed by atoms with Crippen molar-refractivity contribution in [3.63, 3.8) is 0 Å². The molecule has 15 heavy (non-hydrogen) atoms. The maximum atomic E-state index is 9.96. The van der Waals surface area contributed by atoms with Gasteiger partial charge in [-0.15, -0.1) is 0 Å². The summed E-state index contributed by atoms with van der Waals surface area (Å²) in [5.74, 6) is 0.707. The molecule has 78 valence electrons. The number of hydrogen-bond acceptors (Lipinski definition) is 2. The van der Waals surface area contributed by atoms with Gasteiger partial charge in [-0.05, 0) is 5.56 Å². The Balaban J connectivity index is 2.11. The van der Waals surface area contributed by atoms with Crippen LogP contribution in [0, 0.1) is 0 Å². The minimum Gasteiger partial charge on any atom is -0.385 e. The van der Waals surface area contributed by atoms with E-state index in [1.54, 1.807) is 6.20 Å². The van der Waals surface area contributed by atoms with Crippen LogP contribution in [-0.2, 0) is 13.5 Å². The number of nitrogens with zero attached hydrogens (tertiary/aromatic N) is 2. The molecule has 0 aliphatic rings. The second-order valence-electron chi connectivity index (χ2n) is 3.60. The highest BCUT2D eigenvalue weighted by Crippen LogP contribution is 2.15. The van der Waals surface area contributed by atoms with Gasteiger partial charge in [0.2, 0.25) is 0 Å². The van der Waals surface area contributed by atoms with Gasteiger partial charge in [0.05, 0.1) is 0 Å². The van der Waals surface area contributed by atoms with E-state index in [0.717, 1.165) is 5.56 Å². The molecule has 0 fully saturated rings. The number of imidazole rings is 1. The van der Waals surface area contributed by atoms with Gasteiger partial charge < -0.3 is 9.67 Å². The zero-order valence-corrected chi connectivity index (χ0v) is 8.67. The highest BCUT2D eigenvalue weighted by Gasteiger charge is 2.12. The molecule has 0 radical (unpaired) electrons. The SMILES string of the molecule is Cn1ccnc1[C@@H](O)Cc1ccccc1. The van der Waals surface area contributed by atoms with Crippen molar-refractivity contribution >= 4 is 0 Å². The zero-order chi connectivity index (χ0) is 10.7. The number of aliphatic hydroxyl groups excluding tert-OH is 1. The minimum absolute atomic E-state index is 0.535. The fourth-order valence-corrected chi connectivity index (χ4v) is 1.63. The average Bonchev–Trinajstić information content (AvgIpc) is 2.66. The lowest BCUT2D eigenvalue weighted by Crippen LogP contribution is -2.08. The lowest BCUT2D eigenvalue weighted by Gasteiger charge is -2.10. The van der Waals surface area contributed by atoms with Crippen LogP contribution in [0.25, 0.3) is 0 Å². The van der Waals surface area contributed by atoms with Gasteiger partial charge in [-0.3, -0.25) is 0 Å². The maximum absolute atomic E-state index is 9.96. The van der Waals surface area contributed by atoms with Crippen molar-refractivity contribution in [1.82, 2.24) is 9.55 Å². The van der Waals surface area contributed by atoms with Crippen molar-refractivity contribution in [1.29, 1.82) is 0 Å². The molecule has 1 heterocycles. The molecule has 3 nitrogen and oxygen atoms in total. The van der Waals surface area contributed by atoms with Crippen molar-refractivity contribution in [3.8, 4) is 0 Å². The van der Waals surface area contributed by atoms with E-state index in [2.05, 4.69) is 4.98 Å². The molecule has 0 amide bonds. The summed E-state index contributed by atoms with van der Waals surface area (Å²) < 4.78 is 1.84. The number of hydrogen-bond donors (Lipinski definition) is 1. The second-order valence-corrected chi connectivity index (χ2v) is 3.60. The molecule has 0 aliphatic heterocycles. The Morgan fingerprint density at radius 3 is 2.67 bits per heavy atom. The van der Waals surface area contributed by atoms with Crippen LogP contribution in [0.15, 0.2) is 42.7 Å². The third-order valence-corrected chi connectivity index (χ3v) is 2.43. The van der Waals surface area contributed by atoms with Crippen LogP contribution in [0.2, 0.25) is 0 Å². The predicted octanol–water partition coefficient (Wildman–Crippen LogP) is 1.70. The molecular weight excluding hydrogens is 188 g/mol. The van der Waals surface area contributed by atoms with E-state index in [1.807, 2.05) is 48.1 Å². The zero-order valence-electron chi connectivity index (χ0n) is 8.67. The van der Waals surface area contributed by atoms with Gasteiger partial charge >= 0.3 is 0 Å². The van der Waals surface area contributed by atoms with Crippen LogP contribution in [0.4, 0.5) is 0 Å². The smallest absolute Gasteiger partial charge is 0.137 e. The van der Waals surface area contributed by atoms with Crippen LogP contribution >= 0.6 is 0 Å². The Hall–Kier alpha value is -1.61. The first kappa shape index (κ1) is 9.93. The van der Waals surface area contributed by atoms with Crippen LogP contribution < -0.4 is 0 Å². The number of benzene rings is 1. The average molecular weight is 202 g/mol. The van der Waals surface area contributed by atoms with Crippen molar-refractivity contribution in [2.75, 3.05) is 0 Å². The highest BCUT2D eigenvalue weighted by atomic mass is 16.3.